The number of barbiturate groups is 1. The number of hydrogen-bond donors (Lipinski definition) is 2. The lowest BCUT2D eigenvalue weighted by molar-refractivity contribution is -0.122. The Kier molecular flexibility index (Phi) is 5.31. The predicted octanol–water partition coefficient (Wildman–Crippen LogP) is 1.85. The first-order valence-electron chi connectivity index (χ1n) is 8.32. The molecule has 0 bridgehead atoms. The van der Waals surface area contributed by atoms with E-state index in [0.717, 1.165) is 4.90 Å². The van der Waals surface area contributed by atoms with Gasteiger partial charge >= 0.3 is 12.0 Å². The molecule has 0 spiro atoms. The summed E-state index contributed by atoms with van der Waals surface area (Å²) in [6.45, 7) is 0. The van der Waals surface area contributed by atoms with Crippen molar-refractivity contribution >= 4 is 35.6 Å². The van der Waals surface area contributed by atoms with Gasteiger partial charge < -0.3 is 14.6 Å². The fraction of sp³-hybridized carbons (Fsp3) is 0.100. The van der Waals surface area contributed by atoms with Gasteiger partial charge in [-0.05, 0) is 48.0 Å². The molecule has 9 nitrogen and oxygen atoms in total. The van der Waals surface area contributed by atoms with Crippen LogP contribution >= 0.6 is 0 Å². The number of esters is 1. The van der Waals surface area contributed by atoms with Crippen LogP contribution in [0.15, 0.2) is 48.0 Å². The summed E-state index contributed by atoms with van der Waals surface area (Å²) in [7, 11) is 2.60. The smallest absolute Gasteiger partial charge is 0.337 e. The molecule has 3 rings (SSSR count). The van der Waals surface area contributed by atoms with Gasteiger partial charge in [0, 0.05) is 0 Å². The SMILES string of the molecule is COC(=O)c1ccc(N2C(=O)NC(=O)/C(=C\c3ccc(O)c(OC)c3)C2=O)cc1. The molecule has 1 fully saturated rings. The molecule has 1 heterocycles. The van der Waals surface area contributed by atoms with Crippen molar-refractivity contribution in [2.24, 2.45) is 0 Å². The molecule has 0 unspecified atom stereocenters. The van der Waals surface area contributed by atoms with Crippen molar-refractivity contribution < 1.29 is 33.8 Å². The molecule has 4 amide bonds. The van der Waals surface area contributed by atoms with Crippen LogP contribution < -0.4 is 15.0 Å². The lowest BCUT2D eigenvalue weighted by Crippen LogP contribution is -2.54. The Hall–Kier alpha value is -4.14. The number of rotatable bonds is 4. The molecule has 0 saturated carbocycles. The van der Waals surface area contributed by atoms with Crippen LogP contribution in [-0.2, 0) is 14.3 Å². The van der Waals surface area contributed by atoms with Crippen molar-refractivity contribution in [3.05, 3.63) is 59.2 Å². The Bertz CT molecular complexity index is 1040. The number of phenolic OH excluding ortho intramolecular Hbond substituents is 1. The van der Waals surface area contributed by atoms with Crippen molar-refractivity contribution in [2.45, 2.75) is 0 Å². The van der Waals surface area contributed by atoms with E-state index in [2.05, 4.69) is 10.1 Å². The van der Waals surface area contributed by atoms with Crippen molar-refractivity contribution in [1.29, 1.82) is 0 Å². The molecule has 9 heteroatoms. The van der Waals surface area contributed by atoms with Crippen LogP contribution in [0.2, 0.25) is 0 Å². The minimum atomic E-state index is -0.911. The Morgan fingerprint density at radius 3 is 2.38 bits per heavy atom. The summed E-state index contributed by atoms with van der Waals surface area (Å²) in [4.78, 5) is 49.6. The van der Waals surface area contributed by atoms with E-state index in [9.17, 15) is 24.3 Å². The van der Waals surface area contributed by atoms with Crippen LogP contribution in [0, 0.1) is 0 Å². The minimum Gasteiger partial charge on any atom is -0.504 e. The van der Waals surface area contributed by atoms with Crippen LogP contribution in [0.1, 0.15) is 15.9 Å². The first-order valence-corrected chi connectivity index (χ1v) is 8.32. The van der Waals surface area contributed by atoms with Gasteiger partial charge in [-0.15, -0.1) is 0 Å². The highest BCUT2D eigenvalue weighted by Gasteiger charge is 2.36. The maximum Gasteiger partial charge on any atom is 0.337 e. The lowest BCUT2D eigenvalue weighted by Gasteiger charge is -2.26. The molecule has 0 aromatic heterocycles. The number of nitrogens with zero attached hydrogens (tertiary/aromatic N) is 1. The van der Waals surface area contributed by atoms with Crippen molar-refractivity contribution in [3.8, 4) is 11.5 Å². The summed E-state index contributed by atoms with van der Waals surface area (Å²) in [5.74, 6) is -2.19. The third kappa shape index (κ3) is 3.79. The van der Waals surface area contributed by atoms with E-state index < -0.39 is 23.8 Å². The molecular weight excluding hydrogens is 380 g/mol. The average Bonchev–Trinajstić information content (AvgIpc) is 2.72. The van der Waals surface area contributed by atoms with E-state index in [4.69, 9.17) is 4.74 Å². The second-order valence-corrected chi connectivity index (χ2v) is 5.93. The molecule has 1 saturated heterocycles. The zero-order valence-corrected chi connectivity index (χ0v) is 15.5. The van der Waals surface area contributed by atoms with Gasteiger partial charge in [-0.3, -0.25) is 14.9 Å². The number of benzene rings is 2. The molecule has 1 aliphatic heterocycles. The molecule has 2 N–H and O–H groups in total. The number of anilines is 1. The van der Waals surface area contributed by atoms with Gasteiger partial charge in [0.15, 0.2) is 11.5 Å². The maximum absolute atomic E-state index is 12.9. The number of imide groups is 2. The largest absolute Gasteiger partial charge is 0.504 e. The van der Waals surface area contributed by atoms with E-state index in [1.165, 1.54) is 62.8 Å². The summed E-state index contributed by atoms with van der Waals surface area (Å²) in [6.07, 6.45) is 1.28. The number of ether oxygens (including phenoxy) is 2. The number of amides is 4. The van der Waals surface area contributed by atoms with Gasteiger partial charge in [-0.1, -0.05) is 6.07 Å². The highest BCUT2D eigenvalue weighted by atomic mass is 16.5. The molecular formula is C20H16N2O7. The van der Waals surface area contributed by atoms with Gasteiger partial charge in [0.05, 0.1) is 25.5 Å². The number of phenols is 1. The number of hydrogen-bond acceptors (Lipinski definition) is 7. The van der Waals surface area contributed by atoms with E-state index in [-0.39, 0.29) is 28.3 Å². The van der Waals surface area contributed by atoms with Gasteiger partial charge in [0.1, 0.15) is 5.57 Å². The molecule has 148 valence electrons. The lowest BCUT2D eigenvalue weighted by atomic mass is 10.1. The zero-order chi connectivity index (χ0) is 21.1. The van der Waals surface area contributed by atoms with Crippen LogP contribution in [0.3, 0.4) is 0 Å². The third-order valence-corrected chi connectivity index (χ3v) is 4.16. The van der Waals surface area contributed by atoms with E-state index in [1.807, 2.05) is 0 Å². The van der Waals surface area contributed by atoms with Crippen LogP contribution in [-0.4, -0.2) is 43.1 Å². The molecule has 2 aromatic carbocycles. The van der Waals surface area contributed by atoms with E-state index >= 15 is 0 Å². The van der Waals surface area contributed by atoms with Crippen LogP contribution in [0.4, 0.5) is 10.5 Å². The Morgan fingerprint density at radius 2 is 1.76 bits per heavy atom. The first kappa shape index (κ1) is 19.6. The number of carbonyl (C=O) groups is 4. The highest BCUT2D eigenvalue weighted by Crippen LogP contribution is 2.28. The summed E-state index contributed by atoms with van der Waals surface area (Å²) in [5, 5.41) is 11.8. The summed E-state index contributed by atoms with van der Waals surface area (Å²) < 4.78 is 9.62. The van der Waals surface area contributed by atoms with Gasteiger partial charge in [-0.2, -0.15) is 0 Å². The molecule has 0 atom stereocenters. The third-order valence-electron chi connectivity index (χ3n) is 4.16. The monoisotopic (exact) mass is 396 g/mol. The fourth-order valence-corrected chi connectivity index (χ4v) is 2.71. The average molecular weight is 396 g/mol. The molecule has 2 aromatic rings. The first-order chi connectivity index (χ1) is 13.8. The topological polar surface area (TPSA) is 122 Å². The predicted molar refractivity (Wildman–Crippen MR) is 101 cm³/mol. The second-order valence-electron chi connectivity index (χ2n) is 5.93. The van der Waals surface area contributed by atoms with Crippen LogP contribution in [0.25, 0.3) is 6.08 Å². The molecule has 29 heavy (non-hydrogen) atoms. The van der Waals surface area contributed by atoms with Crippen molar-refractivity contribution in [2.75, 3.05) is 19.1 Å². The quantitative estimate of drug-likeness (QED) is 0.459. The second kappa shape index (κ2) is 7.85. The normalized spacial score (nSPS) is 15.3. The summed E-state index contributed by atoms with van der Waals surface area (Å²) in [6, 6.07) is 8.93. The van der Waals surface area contributed by atoms with Crippen LogP contribution in [0.5, 0.6) is 11.5 Å². The minimum absolute atomic E-state index is 0.100. The Labute approximate surface area is 165 Å². The Morgan fingerprint density at radius 1 is 1.07 bits per heavy atom. The summed E-state index contributed by atoms with van der Waals surface area (Å²) >= 11 is 0. The number of urea groups is 1. The highest BCUT2D eigenvalue weighted by molar-refractivity contribution is 6.39. The van der Waals surface area contributed by atoms with Gasteiger partial charge in [0.25, 0.3) is 11.8 Å². The van der Waals surface area contributed by atoms with E-state index in [0.29, 0.717) is 5.56 Å². The number of aromatic hydroxyl groups is 1. The van der Waals surface area contributed by atoms with Crippen molar-refractivity contribution in [3.63, 3.8) is 0 Å². The summed E-state index contributed by atoms with van der Waals surface area (Å²) in [5.41, 5.74) is 0.536. The Balaban J connectivity index is 1.97. The molecule has 0 radical (unpaired) electrons. The molecule has 0 aliphatic carbocycles. The van der Waals surface area contributed by atoms with Gasteiger partial charge in [0.2, 0.25) is 0 Å². The number of nitrogens with one attached hydrogen (secondary N) is 1. The van der Waals surface area contributed by atoms with Gasteiger partial charge in [-0.25, -0.2) is 14.5 Å². The zero-order valence-electron chi connectivity index (χ0n) is 15.5. The fourth-order valence-electron chi connectivity index (χ4n) is 2.71. The standard InChI is InChI=1S/C20H16N2O7/c1-28-16-10-11(3-8-15(16)23)9-14-17(24)21-20(27)22(18(14)25)13-6-4-12(5-7-13)19(26)29-2/h3-10,23H,1-2H3,(H,21,24,27)/b14-9+. The molecule has 1 aliphatic rings. The van der Waals surface area contributed by atoms with E-state index in [1.54, 1.807) is 0 Å². The number of methoxy groups -OCH3 is 2. The van der Waals surface area contributed by atoms with Crippen molar-refractivity contribution in [1.82, 2.24) is 5.32 Å². The maximum atomic E-state index is 12.9. The number of carbonyl (C=O) groups excluding carboxylic acids is 4.